The van der Waals surface area contributed by atoms with Gasteiger partial charge in [-0.25, -0.2) is 0 Å². The van der Waals surface area contributed by atoms with E-state index in [1.54, 1.807) is 0 Å². The molecular weight excluding hydrogens is 334 g/mol. The van der Waals surface area contributed by atoms with Crippen LogP contribution in [0.1, 0.15) is 78.1 Å². The number of rotatable bonds is 5. The lowest BCUT2D eigenvalue weighted by Crippen LogP contribution is -2.60. The molecule has 0 spiro atoms. The summed E-state index contributed by atoms with van der Waals surface area (Å²) in [6.45, 7) is 10.6. The number of aliphatic imine (C=N–C) groups is 1. The molecule has 2 saturated heterocycles. The Labute approximate surface area is 167 Å². The first-order chi connectivity index (χ1) is 13.1. The summed E-state index contributed by atoms with van der Waals surface area (Å²) in [4.78, 5) is 9.96. The van der Waals surface area contributed by atoms with Crippen molar-refractivity contribution in [3.63, 3.8) is 0 Å². The SMILES string of the molecule is CN=C(NCC1(N2CCCCC2)CCCCC1)NC1CCN(C(C)C)CC1. The summed E-state index contributed by atoms with van der Waals surface area (Å²) in [6, 6.07) is 1.22. The van der Waals surface area contributed by atoms with Crippen LogP contribution < -0.4 is 10.6 Å². The molecule has 3 aliphatic rings. The Bertz CT molecular complexity index is 455. The molecule has 5 nitrogen and oxygen atoms in total. The van der Waals surface area contributed by atoms with Gasteiger partial charge in [-0.2, -0.15) is 0 Å². The predicted molar refractivity (Wildman–Crippen MR) is 115 cm³/mol. The molecule has 3 rings (SSSR count). The summed E-state index contributed by atoms with van der Waals surface area (Å²) in [6.07, 6.45) is 13.5. The van der Waals surface area contributed by atoms with Crippen LogP contribution in [0.3, 0.4) is 0 Å². The van der Waals surface area contributed by atoms with Crippen LogP contribution in [-0.2, 0) is 0 Å². The summed E-state index contributed by atoms with van der Waals surface area (Å²) < 4.78 is 0. The van der Waals surface area contributed by atoms with Crippen LogP contribution in [-0.4, -0.2) is 73.2 Å². The molecule has 0 atom stereocenters. The smallest absolute Gasteiger partial charge is 0.191 e. The average Bonchev–Trinajstić information content (AvgIpc) is 2.72. The van der Waals surface area contributed by atoms with Crippen molar-refractivity contribution in [2.24, 2.45) is 4.99 Å². The van der Waals surface area contributed by atoms with Gasteiger partial charge in [0.15, 0.2) is 5.96 Å². The van der Waals surface area contributed by atoms with Crippen LogP contribution in [0.2, 0.25) is 0 Å². The van der Waals surface area contributed by atoms with E-state index in [1.807, 2.05) is 7.05 Å². The summed E-state index contributed by atoms with van der Waals surface area (Å²) >= 11 is 0. The zero-order valence-corrected chi connectivity index (χ0v) is 18.1. The molecule has 2 N–H and O–H groups in total. The van der Waals surface area contributed by atoms with Gasteiger partial charge in [0.05, 0.1) is 0 Å². The molecule has 5 heteroatoms. The Morgan fingerprint density at radius 2 is 1.59 bits per heavy atom. The lowest BCUT2D eigenvalue weighted by atomic mass is 9.79. The minimum absolute atomic E-state index is 0.358. The van der Waals surface area contributed by atoms with E-state index in [0.29, 0.717) is 17.6 Å². The van der Waals surface area contributed by atoms with Crippen LogP contribution in [0.4, 0.5) is 0 Å². The third kappa shape index (κ3) is 5.60. The van der Waals surface area contributed by atoms with Gasteiger partial charge in [0.1, 0.15) is 0 Å². The second kappa shape index (κ2) is 10.1. The topological polar surface area (TPSA) is 42.9 Å². The third-order valence-electron chi connectivity index (χ3n) is 7.22. The van der Waals surface area contributed by atoms with Gasteiger partial charge in [0.25, 0.3) is 0 Å². The van der Waals surface area contributed by atoms with Crippen LogP contribution in [0.25, 0.3) is 0 Å². The van der Waals surface area contributed by atoms with Gasteiger partial charge in [-0.1, -0.05) is 25.7 Å². The molecule has 0 aromatic rings. The van der Waals surface area contributed by atoms with E-state index in [1.165, 1.54) is 90.4 Å². The van der Waals surface area contributed by atoms with E-state index in [0.717, 1.165) is 12.5 Å². The fourth-order valence-electron chi connectivity index (χ4n) is 5.38. The largest absolute Gasteiger partial charge is 0.355 e. The lowest BCUT2D eigenvalue weighted by Gasteiger charge is -2.48. The molecule has 0 radical (unpaired) electrons. The first-order valence-corrected chi connectivity index (χ1v) is 11.6. The first-order valence-electron chi connectivity index (χ1n) is 11.6. The van der Waals surface area contributed by atoms with Crippen molar-refractivity contribution in [1.29, 1.82) is 0 Å². The zero-order valence-electron chi connectivity index (χ0n) is 18.1. The number of guanidine groups is 1. The lowest BCUT2D eigenvalue weighted by molar-refractivity contribution is 0.0367. The van der Waals surface area contributed by atoms with Gasteiger partial charge in [0, 0.05) is 44.3 Å². The standard InChI is InChI=1S/C22H43N5/c1-19(2)26-16-10-20(11-17-26)25-21(23-3)24-18-22(12-6-4-7-13-22)27-14-8-5-9-15-27/h19-20H,4-18H2,1-3H3,(H2,23,24,25). The molecule has 0 aromatic heterocycles. The summed E-state index contributed by atoms with van der Waals surface area (Å²) in [5.74, 6) is 1.01. The number of nitrogens with zero attached hydrogens (tertiary/aromatic N) is 3. The predicted octanol–water partition coefficient (Wildman–Crippen LogP) is 3.21. The minimum atomic E-state index is 0.358. The number of piperidine rings is 2. The van der Waals surface area contributed by atoms with E-state index < -0.39 is 0 Å². The van der Waals surface area contributed by atoms with Crippen molar-refractivity contribution in [1.82, 2.24) is 20.4 Å². The van der Waals surface area contributed by atoms with E-state index in [4.69, 9.17) is 0 Å². The molecule has 0 amide bonds. The molecule has 3 fully saturated rings. The van der Waals surface area contributed by atoms with Crippen molar-refractivity contribution in [3.05, 3.63) is 0 Å². The van der Waals surface area contributed by atoms with E-state index in [2.05, 4.69) is 39.3 Å². The van der Waals surface area contributed by atoms with Gasteiger partial charge in [-0.15, -0.1) is 0 Å². The molecule has 2 aliphatic heterocycles. The van der Waals surface area contributed by atoms with Crippen LogP contribution in [0.5, 0.6) is 0 Å². The highest BCUT2D eigenvalue weighted by atomic mass is 15.3. The molecule has 1 saturated carbocycles. The maximum Gasteiger partial charge on any atom is 0.191 e. The monoisotopic (exact) mass is 377 g/mol. The normalized spacial score (nSPS) is 26.3. The van der Waals surface area contributed by atoms with Crippen molar-refractivity contribution >= 4 is 5.96 Å². The Morgan fingerprint density at radius 3 is 2.19 bits per heavy atom. The van der Waals surface area contributed by atoms with Gasteiger partial charge >= 0.3 is 0 Å². The van der Waals surface area contributed by atoms with Gasteiger partial charge in [0.2, 0.25) is 0 Å². The summed E-state index contributed by atoms with van der Waals surface area (Å²) in [5, 5.41) is 7.46. The molecule has 2 heterocycles. The second-order valence-corrected chi connectivity index (χ2v) is 9.31. The molecule has 0 bridgehead atoms. The van der Waals surface area contributed by atoms with Crippen LogP contribution in [0, 0.1) is 0 Å². The number of hydrogen-bond acceptors (Lipinski definition) is 3. The highest BCUT2D eigenvalue weighted by molar-refractivity contribution is 5.80. The molecule has 0 aromatic carbocycles. The summed E-state index contributed by atoms with van der Waals surface area (Å²) in [5.41, 5.74) is 0.358. The Hall–Kier alpha value is -0.810. The Morgan fingerprint density at radius 1 is 0.963 bits per heavy atom. The van der Waals surface area contributed by atoms with Gasteiger partial charge in [-0.05, 0) is 65.5 Å². The van der Waals surface area contributed by atoms with Crippen LogP contribution in [0.15, 0.2) is 4.99 Å². The van der Waals surface area contributed by atoms with Gasteiger partial charge < -0.3 is 15.5 Å². The Balaban J connectivity index is 1.52. The van der Waals surface area contributed by atoms with Crippen molar-refractivity contribution in [3.8, 4) is 0 Å². The highest BCUT2D eigenvalue weighted by Gasteiger charge is 2.38. The zero-order chi connectivity index (χ0) is 19.1. The first kappa shape index (κ1) is 20.9. The second-order valence-electron chi connectivity index (χ2n) is 9.31. The minimum Gasteiger partial charge on any atom is -0.355 e. The molecule has 0 unspecified atom stereocenters. The highest BCUT2D eigenvalue weighted by Crippen LogP contribution is 2.35. The fraction of sp³-hybridized carbons (Fsp3) is 0.955. The van der Waals surface area contributed by atoms with Crippen molar-refractivity contribution < 1.29 is 0 Å². The van der Waals surface area contributed by atoms with Crippen molar-refractivity contribution in [2.75, 3.05) is 39.8 Å². The molecular formula is C22H43N5. The Kier molecular flexibility index (Phi) is 7.83. The van der Waals surface area contributed by atoms with E-state index >= 15 is 0 Å². The average molecular weight is 378 g/mol. The number of likely N-dealkylation sites (tertiary alicyclic amines) is 2. The van der Waals surface area contributed by atoms with Crippen LogP contribution >= 0.6 is 0 Å². The quantitative estimate of drug-likeness (QED) is 0.570. The molecule has 1 aliphatic carbocycles. The molecule has 27 heavy (non-hydrogen) atoms. The fourth-order valence-corrected chi connectivity index (χ4v) is 5.38. The summed E-state index contributed by atoms with van der Waals surface area (Å²) in [7, 11) is 1.92. The maximum absolute atomic E-state index is 4.56. The number of nitrogens with one attached hydrogen (secondary N) is 2. The third-order valence-corrected chi connectivity index (χ3v) is 7.22. The van der Waals surface area contributed by atoms with E-state index in [-0.39, 0.29) is 0 Å². The van der Waals surface area contributed by atoms with Crippen molar-refractivity contribution in [2.45, 2.75) is 95.7 Å². The van der Waals surface area contributed by atoms with Gasteiger partial charge in [-0.3, -0.25) is 9.89 Å². The van der Waals surface area contributed by atoms with E-state index in [9.17, 15) is 0 Å². The maximum atomic E-state index is 4.56. The number of hydrogen-bond donors (Lipinski definition) is 2. The molecule has 156 valence electrons.